The van der Waals surface area contributed by atoms with Gasteiger partial charge in [-0.1, -0.05) is 18.2 Å². The van der Waals surface area contributed by atoms with E-state index in [1.165, 1.54) is 36.4 Å². The van der Waals surface area contributed by atoms with Crippen molar-refractivity contribution in [1.29, 1.82) is 0 Å². The summed E-state index contributed by atoms with van der Waals surface area (Å²) in [6.07, 6.45) is 4.52. The number of hydrogen-bond acceptors (Lipinski definition) is 6. The van der Waals surface area contributed by atoms with Gasteiger partial charge in [0.25, 0.3) is 5.69 Å². The molecule has 0 unspecified atom stereocenters. The summed E-state index contributed by atoms with van der Waals surface area (Å²) < 4.78 is 14.8. The topological polar surface area (TPSA) is 114 Å². The molecule has 2 N–H and O–H groups in total. The number of pyridine rings is 1. The smallest absolute Gasteiger partial charge is 0.287 e. The lowest BCUT2D eigenvalue weighted by Crippen LogP contribution is -2.18. The Labute approximate surface area is 181 Å². The number of rotatable bonds is 7. The van der Waals surface area contributed by atoms with Crippen LogP contribution >= 0.6 is 0 Å². The van der Waals surface area contributed by atoms with E-state index in [9.17, 15) is 19.3 Å². The molecule has 4 rings (SSSR count). The summed E-state index contributed by atoms with van der Waals surface area (Å²) in [5.74, 6) is -0.274. The number of halogens is 1. The van der Waals surface area contributed by atoms with Gasteiger partial charge in [0, 0.05) is 34.4 Å². The SMILES string of the molecule is O=C(Cn1cc(C=NNc2ccc([N+](=O)[O-])cn2)c2ccccc21)Nc1ccc(F)cc1. The molecule has 0 bridgehead atoms. The van der Waals surface area contributed by atoms with Crippen molar-refractivity contribution in [2.24, 2.45) is 5.10 Å². The molecule has 0 aliphatic heterocycles. The van der Waals surface area contributed by atoms with Gasteiger partial charge in [0.2, 0.25) is 5.91 Å². The van der Waals surface area contributed by atoms with Gasteiger partial charge in [-0.05, 0) is 36.4 Å². The van der Waals surface area contributed by atoms with E-state index in [1.807, 2.05) is 24.3 Å². The number of para-hydroxylation sites is 1. The van der Waals surface area contributed by atoms with Crippen LogP contribution in [-0.2, 0) is 11.3 Å². The zero-order valence-electron chi connectivity index (χ0n) is 16.6. The van der Waals surface area contributed by atoms with Crippen LogP contribution < -0.4 is 10.7 Å². The minimum absolute atomic E-state index is 0.0586. The van der Waals surface area contributed by atoms with E-state index in [0.717, 1.165) is 22.7 Å². The standard InChI is InChI=1S/C22H17FN6O3/c23-16-5-7-17(8-6-16)26-22(30)14-28-13-15(19-3-1-2-4-20(19)28)11-25-27-21-10-9-18(12-24-21)29(31)32/h1-13H,14H2,(H,24,27)(H,26,30). The second kappa shape index (κ2) is 9.04. The van der Waals surface area contributed by atoms with Crippen molar-refractivity contribution < 1.29 is 14.1 Å². The fraction of sp³-hybridized carbons (Fsp3) is 0.0455. The van der Waals surface area contributed by atoms with Crippen LogP contribution in [0, 0.1) is 15.9 Å². The number of hydrazone groups is 1. The maximum Gasteiger partial charge on any atom is 0.287 e. The zero-order chi connectivity index (χ0) is 22.5. The molecule has 0 saturated heterocycles. The van der Waals surface area contributed by atoms with Gasteiger partial charge in [-0.2, -0.15) is 5.10 Å². The molecule has 160 valence electrons. The Morgan fingerprint density at radius 2 is 1.94 bits per heavy atom. The highest BCUT2D eigenvalue weighted by Gasteiger charge is 2.11. The Hall–Kier alpha value is -4.60. The molecule has 1 amide bonds. The second-order valence-electron chi connectivity index (χ2n) is 6.81. The molecule has 32 heavy (non-hydrogen) atoms. The molecule has 10 heteroatoms. The van der Waals surface area contributed by atoms with Gasteiger partial charge >= 0.3 is 0 Å². The molecule has 0 radical (unpaired) electrons. The minimum atomic E-state index is -0.527. The molecular formula is C22H17FN6O3. The highest BCUT2D eigenvalue weighted by Crippen LogP contribution is 2.20. The number of aromatic nitrogens is 2. The van der Waals surface area contributed by atoms with E-state index >= 15 is 0 Å². The van der Waals surface area contributed by atoms with E-state index in [1.54, 1.807) is 17.0 Å². The van der Waals surface area contributed by atoms with Crippen LogP contribution in [0.2, 0.25) is 0 Å². The lowest BCUT2D eigenvalue weighted by Gasteiger charge is -2.07. The van der Waals surface area contributed by atoms with Gasteiger partial charge in [0.15, 0.2) is 0 Å². The van der Waals surface area contributed by atoms with Gasteiger partial charge in [0.05, 0.1) is 11.1 Å². The highest BCUT2D eigenvalue weighted by molar-refractivity contribution is 6.00. The third-order valence-electron chi connectivity index (χ3n) is 4.60. The third-order valence-corrected chi connectivity index (χ3v) is 4.60. The average Bonchev–Trinajstić information content (AvgIpc) is 3.13. The summed E-state index contributed by atoms with van der Waals surface area (Å²) >= 11 is 0. The van der Waals surface area contributed by atoms with Gasteiger partial charge < -0.3 is 9.88 Å². The number of nitro groups is 1. The highest BCUT2D eigenvalue weighted by atomic mass is 19.1. The number of anilines is 2. The predicted molar refractivity (Wildman–Crippen MR) is 119 cm³/mol. The number of benzene rings is 2. The summed E-state index contributed by atoms with van der Waals surface area (Å²) in [5.41, 5.74) is 4.74. The quantitative estimate of drug-likeness (QED) is 0.258. The van der Waals surface area contributed by atoms with Crippen molar-refractivity contribution in [3.05, 3.63) is 94.6 Å². The normalized spacial score (nSPS) is 11.0. The molecule has 4 aromatic rings. The van der Waals surface area contributed by atoms with Crippen LogP contribution in [0.25, 0.3) is 10.9 Å². The van der Waals surface area contributed by atoms with Crippen LogP contribution in [0.5, 0.6) is 0 Å². The first-order chi connectivity index (χ1) is 15.5. The molecule has 2 aromatic heterocycles. The van der Waals surface area contributed by atoms with Crippen LogP contribution in [0.1, 0.15) is 5.56 Å². The Morgan fingerprint density at radius 3 is 2.66 bits per heavy atom. The van der Waals surface area contributed by atoms with E-state index in [0.29, 0.717) is 11.5 Å². The maximum atomic E-state index is 13.0. The number of nitrogens with one attached hydrogen (secondary N) is 2. The van der Waals surface area contributed by atoms with E-state index in [4.69, 9.17) is 0 Å². The summed E-state index contributed by atoms with van der Waals surface area (Å²) in [5, 5.41) is 18.5. The molecule has 0 fully saturated rings. The first kappa shape index (κ1) is 20.7. The van der Waals surface area contributed by atoms with Crippen molar-refractivity contribution in [3.63, 3.8) is 0 Å². The number of carbonyl (C=O) groups is 1. The van der Waals surface area contributed by atoms with Crippen molar-refractivity contribution in [3.8, 4) is 0 Å². The monoisotopic (exact) mass is 432 g/mol. The summed E-state index contributed by atoms with van der Waals surface area (Å²) in [6, 6.07) is 15.9. The lowest BCUT2D eigenvalue weighted by molar-refractivity contribution is -0.385. The molecule has 2 aromatic carbocycles. The van der Waals surface area contributed by atoms with Gasteiger partial charge in [-0.25, -0.2) is 9.37 Å². The number of carbonyl (C=O) groups excluding carboxylic acids is 1. The van der Waals surface area contributed by atoms with Gasteiger partial charge in [-0.15, -0.1) is 0 Å². The maximum absolute atomic E-state index is 13.0. The fourth-order valence-electron chi connectivity index (χ4n) is 3.13. The van der Waals surface area contributed by atoms with Crippen molar-refractivity contribution in [1.82, 2.24) is 9.55 Å². The summed E-state index contributed by atoms with van der Waals surface area (Å²) in [6.45, 7) is 0.0586. The molecule has 0 saturated carbocycles. The van der Waals surface area contributed by atoms with Crippen LogP contribution in [0.15, 0.2) is 78.2 Å². The van der Waals surface area contributed by atoms with E-state index in [-0.39, 0.29) is 24.0 Å². The van der Waals surface area contributed by atoms with Crippen molar-refractivity contribution in [2.45, 2.75) is 6.54 Å². The van der Waals surface area contributed by atoms with Gasteiger partial charge in [0.1, 0.15) is 24.4 Å². The first-order valence-electron chi connectivity index (χ1n) is 9.52. The number of amides is 1. The van der Waals surface area contributed by atoms with E-state index in [2.05, 4.69) is 20.8 Å². The summed E-state index contributed by atoms with van der Waals surface area (Å²) in [4.78, 5) is 26.6. The second-order valence-corrected chi connectivity index (χ2v) is 6.81. The number of nitrogens with zero attached hydrogens (tertiary/aromatic N) is 4. The van der Waals surface area contributed by atoms with Crippen molar-refractivity contribution in [2.75, 3.05) is 10.7 Å². The number of fused-ring (bicyclic) bond motifs is 1. The van der Waals surface area contributed by atoms with Crippen molar-refractivity contribution >= 4 is 40.2 Å². The molecule has 0 aliphatic rings. The number of hydrogen-bond donors (Lipinski definition) is 2. The van der Waals surface area contributed by atoms with E-state index < -0.39 is 4.92 Å². The van der Waals surface area contributed by atoms with Crippen LogP contribution in [0.3, 0.4) is 0 Å². The Kier molecular flexibility index (Phi) is 5.84. The Bertz CT molecular complexity index is 1300. The predicted octanol–water partition coefficient (Wildman–Crippen LogP) is 4.17. The van der Waals surface area contributed by atoms with Crippen LogP contribution in [-0.4, -0.2) is 26.6 Å². The molecule has 0 atom stereocenters. The third kappa shape index (κ3) is 4.75. The van der Waals surface area contributed by atoms with Crippen LogP contribution in [0.4, 0.5) is 21.6 Å². The average molecular weight is 432 g/mol. The molecule has 0 spiro atoms. The lowest BCUT2D eigenvalue weighted by atomic mass is 10.2. The molecule has 0 aliphatic carbocycles. The Morgan fingerprint density at radius 1 is 1.16 bits per heavy atom. The molecule has 2 heterocycles. The molecule has 9 nitrogen and oxygen atoms in total. The Balaban J connectivity index is 1.49. The summed E-state index contributed by atoms with van der Waals surface area (Å²) in [7, 11) is 0. The van der Waals surface area contributed by atoms with Gasteiger partial charge in [-0.3, -0.25) is 20.3 Å². The fourth-order valence-corrected chi connectivity index (χ4v) is 3.13. The largest absolute Gasteiger partial charge is 0.337 e. The zero-order valence-corrected chi connectivity index (χ0v) is 16.6. The molecular weight excluding hydrogens is 415 g/mol. The first-order valence-corrected chi connectivity index (χ1v) is 9.52. The minimum Gasteiger partial charge on any atom is -0.337 e.